The Hall–Kier alpha value is -1.40. The molecule has 0 spiro atoms. The van der Waals surface area contributed by atoms with Crippen molar-refractivity contribution in [1.29, 1.82) is 0 Å². The van der Waals surface area contributed by atoms with Gasteiger partial charge < -0.3 is 14.6 Å². The summed E-state index contributed by atoms with van der Waals surface area (Å²) in [6, 6.07) is 0. The fourth-order valence-corrected chi connectivity index (χ4v) is 3.60. The lowest BCUT2D eigenvalue weighted by molar-refractivity contribution is -0.167. The molecule has 6 nitrogen and oxygen atoms in total. The summed E-state index contributed by atoms with van der Waals surface area (Å²) in [4.78, 5) is 26.8. The molecule has 0 aliphatic carbocycles. The molecule has 2 aliphatic rings. The van der Waals surface area contributed by atoms with Gasteiger partial charge in [-0.25, -0.2) is 4.79 Å². The quantitative estimate of drug-likeness (QED) is 0.623. The topological polar surface area (TPSA) is 76.1 Å². The highest BCUT2D eigenvalue weighted by molar-refractivity contribution is 5.97. The first-order chi connectivity index (χ1) is 10.1. The summed E-state index contributed by atoms with van der Waals surface area (Å²) in [6.45, 7) is 10.8. The molecule has 2 saturated heterocycles. The Morgan fingerprint density at radius 1 is 1.59 bits per heavy atom. The number of fused-ring (bicyclic) bond motifs is 1. The van der Waals surface area contributed by atoms with E-state index in [9.17, 15) is 14.7 Å². The van der Waals surface area contributed by atoms with Gasteiger partial charge in [-0.05, 0) is 13.3 Å². The molecule has 0 aromatic carbocycles. The predicted molar refractivity (Wildman–Crippen MR) is 79.7 cm³/mol. The fourth-order valence-electron chi connectivity index (χ4n) is 3.60. The van der Waals surface area contributed by atoms with Gasteiger partial charge in [0.15, 0.2) is 5.54 Å². The molecule has 0 aromatic heterocycles. The van der Waals surface area contributed by atoms with Crippen molar-refractivity contribution in [3.63, 3.8) is 0 Å². The molecule has 0 bridgehead atoms. The van der Waals surface area contributed by atoms with Gasteiger partial charge in [0, 0.05) is 5.41 Å². The molecule has 0 saturated carbocycles. The number of aliphatic hydroxyl groups is 1. The maximum Gasteiger partial charge on any atom is 0.337 e. The summed E-state index contributed by atoms with van der Waals surface area (Å²) < 4.78 is 10.7. The molecule has 2 heterocycles. The predicted octanol–water partition coefficient (Wildman–Crippen LogP) is 1.09. The van der Waals surface area contributed by atoms with Gasteiger partial charge in [-0.3, -0.25) is 9.69 Å². The van der Waals surface area contributed by atoms with Gasteiger partial charge in [0.2, 0.25) is 5.91 Å². The van der Waals surface area contributed by atoms with E-state index >= 15 is 0 Å². The Labute approximate surface area is 131 Å². The summed E-state index contributed by atoms with van der Waals surface area (Å²) in [5, 5.41) is 11.1. The number of hydrogen-bond donors (Lipinski definition) is 1. The van der Waals surface area contributed by atoms with Gasteiger partial charge in [0.1, 0.15) is 11.8 Å². The van der Waals surface area contributed by atoms with Crippen molar-refractivity contribution < 1.29 is 24.2 Å². The third-order valence-electron chi connectivity index (χ3n) is 4.81. The van der Waals surface area contributed by atoms with E-state index in [-0.39, 0.29) is 18.9 Å². The fraction of sp³-hybridized carbons (Fsp3) is 0.750. The molecular weight excluding hydrogens is 286 g/mol. The zero-order valence-corrected chi connectivity index (χ0v) is 13.9. The van der Waals surface area contributed by atoms with Gasteiger partial charge in [0.25, 0.3) is 0 Å². The van der Waals surface area contributed by atoms with Crippen LogP contribution in [0.15, 0.2) is 12.7 Å². The van der Waals surface area contributed by atoms with Crippen LogP contribution >= 0.6 is 0 Å². The van der Waals surface area contributed by atoms with Gasteiger partial charge in [-0.15, -0.1) is 6.58 Å². The SMILES string of the molecule is C=CC[C@H]1C(=O)N2[C@H](C(C)(C)C)OC[C@@]2(C(=O)OC)[C@]1(C)O. The van der Waals surface area contributed by atoms with Crippen LogP contribution in [0.25, 0.3) is 0 Å². The van der Waals surface area contributed by atoms with Crippen LogP contribution in [0.1, 0.15) is 34.1 Å². The molecular formula is C16H25NO5. The number of ether oxygens (including phenoxy) is 2. The van der Waals surface area contributed by atoms with Crippen molar-refractivity contribution in [3.8, 4) is 0 Å². The molecule has 2 fully saturated rings. The lowest BCUT2D eigenvalue weighted by Crippen LogP contribution is -2.64. The summed E-state index contributed by atoms with van der Waals surface area (Å²) in [6.07, 6.45) is 1.27. The second-order valence-electron chi connectivity index (χ2n) is 7.31. The maximum atomic E-state index is 12.9. The second kappa shape index (κ2) is 5.06. The molecule has 4 atom stereocenters. The van der Waals surface area contributed by atoms with Crippen LogP contribution in [0.5, 0.6) is 0 Å². The number of allylic oxidation sites excluding steroid dienone is 1. The first-order valence-electron chi connectivity index (χ1n) is 7.42. The van der Waals surface area contributed by atoms with Crippen LogP contribution in [0.2, 0.25) is 0 Å². The monoisotopic (exact) mass is 311 g/mol. The van der Waals surface area contributed by atoms with Crippen molar-refractivity contribution in [3.05, 3.63) is 12.7 Å². The third kappa shape index (κ3) is 1.93. The molecule has 0 unspecified atom stereocenters. The van der Waals surface area contributed by atoms with Crippen molar-refractivity contribution in [2.75, 3.05) is 13.7 Å². The van der Waals surface area contributed by atoms with Crippen molar-refractivity contribution in [2.24, 2.45) is 11.3 Å². The van der Waals surface area contributed by atoms with E-state index in [1.807, 2.05) is 20.8 Å². The molecule has 1 N–H and O–H groups in total. The Kier molecular flexibility index (Phi) is 3.90. The van der Waals surface area contributed by atoms with Crippen LogP contribution < -0.4 is 0 Å². The number of hydrogen-bond acceptors (Lipinski definition) is 5. The number of carbonyl (C=O) groups excluding carboxylic acids is 2. The Morgan fingerprint density at radius 3 is 2.64 bits per heavy atom. The summed E-state index contributed by atoms with van der Waals surface area (Å²) in [7, 11) is 1.25. The Balaban J connectivity index is 2.61. The first-order valence-corrected chi connectivity index (χ1v) is 7.42. The van der Waals surface area contributed by atoms with E-state index in [1.54, 1.807) is 6.08 Å². The number of esters is 1. The summed E-state index contributed by atoms with van der Waals surface area (Å²) in [5.74, 6) is -1.69. The van der Waals surface area contributed by atoms with E-state index < -0.39 is 34.7 Å². The van der Waals surface area contributed by atoms with Crippen molar-refractivity contribution in [1.82, 2.24) is 4.90 Å². The minimum Gasteiger partial charge on any atom is -0.467 e. The minimum absolute atomic E-state index is 0.0754. The normalized spacial score (nSPS) is 38.1. The highest BCUT2D eigenvalue weighted by Gasteiger charge is 2.75. The third-order valence-corrected chi connectivity index (χ3v) is 4.81. The van der Waals surface area contributed by atoms with Gasteiger partial charge in [-0.1, -0.05) is 26.8 Å². The first kappa shape index (κ1) is 17.0. The lowest BCUT2D eigenvalue weighted by Gasteiger charge is -2.40. The van der Waals surface area contributed by atoms with E-state index in [0.29, 0.717) is 0 Å². The van der Waals surface area contributed by atoms with Crippen LogP contribution in [-0.4, -0.2) is 53.0 Å². The minimum atomic E-state index is -1.59. The Bertz CT molecular complexity index is 507. The zero-order chi connectivity index (χ0) is 16.9. The molecule has 2 rings (SSSR count). The van der Waals surface area contributed by atoms with E-state index in [2.05, 4.69) is 6.58 Å². The van der Waals surface area contributed by atoms with E-state index in [4.69, 9.17) is 9.47 Å². The number of carbonyl (C=O) groups is 2. The molecule has 6 heteroatoms. The van der Waals surface area contributed by atoms with Crippen LogP contribution in [0.4, 0.5) is 0 Å². The summed E-state index contributed by atoms with van der Waals surface area (Å²) in [5.41, 5.74) is -3.50. The molecule has 0 aromatic rings. The number of amides is 1. The average Bonchev–Trinajstić information content (AvgIpc) is 2.90. The smallest absolute Gasteiger partial charge is 0.337 e. The Morgan fingerprint density at radius 2 is 2.18 bits per heavy atom. The highest BCUT2D eigenvalue weighted by Crippen LogP contribution is 2.52. The molecule has 2 aliphatic heterocycles. The van der Waals surface area contributed by atoms with Crippen LogP contribution in [-0.2, 0) is 19.1 Å². The standard InChI is InChI=1S/C16H25NO5/c1-7-8-10-11(18)17-12(14(2,3)4)22-9-16(17,13(19)21-6)15(10,5)20/h7,10,12,20H,1,8-9H2,2-6H3/t10-,12-,15+,16+/m0/s1. The largest absolute Gasteiger partial charge is 0.467 e. The van der Waals surface area contributed by atoms with Gasteiger partial charge in [-0.2, -0.15) is 0 Å². The lowest BCUT2D eigenvalue weighted by atomic mass is 9.75. The van der Waals surface area contributed by atoms with Crippen molar-refractivity contribution >= 4 is 11.9 Å². The summed E-state index contributed by atoms with van der Waals surface area (Å²) >= 11 is 0. The molecule has 22 heavy (non-hydrogen) atoms. The maximum absolute atomic E-state index is 12.9. The number of nitrogens with zero attached hydrogens (tertiary/aromatic N) is 1. The van der Waals surface area contributed by atoms with Crippen molar-refractivity contribution in [2.45, 2.75) is 51.5 Å². The zero-order valence-electron chi connectivity index (χ0n) is 13.9. The van der Waals surface area contributed by atoms with E-state index in [1.165, 1.54) is 18.9 Å². The van der Waals surface area contributed by atoms with Crippen LogP contribution in [0.3, 0.4) is 0 Å². The van der Waals surface area contributed by atoms with Crippen LogP contribution in [0, 0.1) is 11.3 Å². The second-order valence-corrected chi connectivity index (χ2v) is 7.31. The van der Waals surface area contributed by atoms with Gasteiger partial charge >= 0.3 is 5.97 Å². The van der Waals surface area contributed by atoms with E-state index in [0.717, 1.165) is 0 Å². The highest BCUT2D eigenvalue weighted by atomic mass is 16.6. The number of rotatable bonds is 3. The molecule has 0 radical (unpaired) electrons. The number of methoxy groups -OCH3 is 1. The molecule has 1 amide bonds. The average molecular weight is 311 g/mol. The van der Waals surface area contributed by atoms with Gasteiger partial charge in [0.05, 0.1) is 19.6 Å². The molecule has 124 valence electrons.